The van der Waals surface area contributed by atoms with Crippen LogP contribution in [-0.2, 0) is 19.4 Å². The van der Waals surface area contributed by atoms with Crippen LogP contribution in [0, 0.1) is 0 Å². The normalized spacial score (nSPS) is 13.9. The molecule has 0 aliphatic heterocycles. The molecule has 0 heterocycles. The Morgan fingerprint density at radius 2 is 1.35 bits per heavy atom. The largest absolute Gasteiger partial charge is 0.388 e. The second-order valence-electron chi connectivity index (χ2n) is 13.1. The van der Waals surface area contributed by atoms with Crippen LogP contribution in [0.4, 0.5) is 0 Å². The number of nitrogens with one attached hydrogen (secondary N) is 1. The van der Waals surface area contributed by atoms with Gasteiger partial charge in [0.2, 0.25) is 0 Å². The first-order valence-electron chi connectivity index (χ1n) is 19.6. The summed E-state index contributed by atoms with van der Waals surface area (Å²) in [5, 5.41) is 11.2. The fourth-order valence-electron chi connectivity index (χ4n) is 7.80. The van der Waals surface area contributed by atoms with Crippen LogP contribution in [0.1, 0.15) is 68.4 Å². The van der Waals surface area contributed by atoms with Crippen molar-refractivity contribution >= 4 is 43.5 Å². The summed E-state index contributed by atoms with van der Waals surface area (Å²) in [7, 11) is 1.94. The van der Waals surface area contributed by atoms with Gasteiger partial charge in [-0.3, -0.25) is 0 Å². The van der Waals surface area contributed by atoms with Gasteiger partial charge in [-0.1, -0.05) is 166 Å². The lowest BCUT2D eigenvalue weighted by Gasteiger charge is -2.18. The van der Waals surface area contributed by atoms with Crippen molar-refractivity contribution in [3.05, 3.63) is 202 Å². The average molecular weight is 705 g/mol. The summed E-state index contributed by atoms with van der Waals surface area (Å²) in [4.78, 5) is 0. The smallest absolute Gasteiger partial charge is 0.0380 e. The standard InChI is InChI=1S/C32H25N.C16H15N.2C2H6/c33-19-24-7-5-6-23-16-22-13-12-20(17-30(22)32(23)24)21-14-15-29-27-10-2-1-8-25(27)26-9-3-4-11-28(26)31(29)18-21;1-17-16(15-10-6-3-7-11-15)13-12-14-8-4-2-5-9-14;2*1-2/h1-11,14-15,17-18H,12-13,16,19,33H2;2,4-6,8-11,13,17H,12H2,1H3;2*1-2H3/b;16-13-;;. The first-order valence-corrected chi connectivity index (χ1v) is 19.6. The van der Waals surface area contributed by atoms with E-state index in [2.05, 4.69) is 138 Å². The number of allylic oxidation sites excluding steroid dienone is 8. The highest BCUT2D eigenvalue weighted by Crippen LogP contribution is 2.45. The predicted molar refractivity (Wildman–Crippen MR) is 235 cm³/mol. The average Bonchev–Trinajstić information content (AvgIpc) is 3.65. The third-order valence-electron chi connectivity index (χ3n) is 10.3. The molecule has 0 radical (unpaired) electrons. The Hall–Kier alpha value is -5.88. The molecular weight excluding hydrogens is 653 g/mol. The van der Waals surface area contributed by atoms with Crippen LogP contribution in [0.25, 0.3) is 43.5 Å². The molecular formula is C52H52N2. The molecule has 0 bridgehead atoms. The highest BCUT2D eigenvalue weighted by atomic mass is 14.8. The monoisotopic (exact) mass is 704 g/mol. The maximum atomic E-state index is 6.11. The number of benzene rings is 6. The number of likely N-dealkylation sites (N-methyl/N-ethyl adjacent to an activating group) is 1. The van der Waals surface area contributed by atoms with Crippen molar-refractivity contribution in [2.45, 2.75) is 59.9 Å². The fourth-order valence-corrected chi connectivity index (χ4v) is 7.80. The molecule has 0 spiro atoms. The molecule has 2 heteroatoms. The zero-order valence-electron chi connectivity index (χ0n) is 32.5. The Balaban J connectivity index is 0.000000201. The minimum atomic E-state index is 0.595. The van der Waals surface area contributed by atoms with Crippen LogP contribution < -0.4 is 11.1 Å². The molecule has 6 aromatic rings. The van der Waals surface area contributed by atoms with E-state index in [0.29, 0.717) is 6.54 Å². The van der Waals surface area contributed by atoms with Crippen molar-refractivity contribution in [2.24, 2.45) is 5.73 Å². The Bertz CT molecular complexity index is 2470. The molecule has 3 aliphatic rings. The molecule has 6 aromatic carbocycles. The van der Waals surface area contributed by atoms with Crippen LogP contribution >= 0.6 is 0 Å². The second-order valence-corrected chi connectivity index (χ2v) is 13.1. The van der Waals surface area contributed by atoms with Gasteiger partial charge in [0.1, 0.15) is 0 Å². The Morgan fingerprint density at radius 3 is 1.98 bits per heavy atom. The summed E-state index contributed by atoms with van der Waals surface area (Å²) in [5.41, 5.74) is 25.4. The molecule has 0 aromatic heterocycles. The fraction of sp³-hybridized carbons (Fsp3) is 0.192. The van der Waals surface area contributed by atoms with E-state index in [0.717, 1.165) is 37.0 Å². The summed E-state index contributed by atoms with van der Waals surface area (Å²) in [6.07, 6.45) is 14.7. The van der Waals surface area contributed by atoms with E-state index in [1.165, 1.54) is 71.3 Å². The van der Waals surface area contributed by atoms with E-state index < -0.39 is 0 Å². The Morgan fingerprint density at radius 1 is 0.704 bits per heavy atom. The number of rotatable bonds is 6. The van der Waals surface area contributed by atoms with Crippen LogP contribution in [-0.4, -0.2) is 7.05 Å². The molecule has 9 rings (SSSR count). The SMILES string of the molecule is CC.CC.CN/C(=C\Cc1ccccc1)C1=CC=C=C=C1.NCc1cccc2c1C1=C(CCC(c3ccc4c5ccccc5c5ccccc5c4c3)=C1)C2. The molecule has 2 nitrogen and oxygen atoms in total. The highest BCUT2D eigenvalue weighted by molar-refractivity contribution is 6.25. The lowest BCUT2D eigenvalue weighted by Crippen LogP contribution is -2.08. The van der Waals surface area contributed by atoms with E-state index in [1.807, 2.05) is 59.0 Å². The van der Waals surface area contributed by atoms with E-state index in [9.17, 15) is 0 Å². The number of hydrogen-bond donors (Lipinski definition) is 2. The summed E-state index contributed by atoms with van der Waals surface area (Å²) < 4.78 is 0. The van der Waals surface area contributed by atoms with Crippen molar-refractivity contribution < 1.29 is 0 Å². The van der Waals surface area contributed by atoms with Crippen LogP contribution in [0.3, 0.4) is 0 Å². The molecule has 3 aliphatic carbocycles. The number of fused-ring (bicyclic) bond motifs is 8. The maximum absolute atomic E-state index is 6.11. The first kappa shape index (κ1) is 37.9. The van der Waals surface area contributed by atoms with Gasteiger partial charge in [-0.25, -0.2) is 0 Å². The van der Waals surface area contributed by atoms with Crippen LogP contribution in [0.5, 0.6) is 0 Å². The predicted octanol–water partition coefficient (Wildman–Crippen LogP) is 13.0. The minimum Gasteiger partial charge on any atom is -0.388 e. The lowest BCUT2D eigenvalue weighted by molar-refractivity contribution is 0.948. The van der Waals surface area contributed by atoms with Crippen molar-refractivity contribution in [3.8, 4) is 0 Å². The van der Waals surface area contributed by atoms with Crippen molar-refractivity contribution in [1.82, 2.24) is 5.32 Å². The topological polar surface area (TPSA) is 38.0 Å². The zero-order valence-corrected chi connectivity index (χ0v) is 32.5. The molecule has 3 N–H and O–H groups in total. The Kier molecular flexibility index (Phi) is 12.8. The van der Waals surface area contributed by atoms with E-state index in [1.54, 1.807) is 5.57 Å². The second kappa shape index (κ2) is 18.2. The third kappa shape index (κ3) is 7.89. The molecule has 0 amide bonds. The van der Waals surface area contributed by atoms with Crippen molar-refractivity contribution in [3.63, 3.8) is 0 Å². The Labute approximate surface area is 322 Å². The van der Waals surface area contributed by atoms with Gasteiger partial charge in [0, 0.05) is 24.9 Å². The quantitative estimate of drug-likeness (QED) is 0.134. The highest BCUT2D eigenvalue weighted by Gasteiger charge is 2.26. The molecule has 0 atom stereocenters. The zero-order chi connectivity index (χ0) is 37.9. The van der Waals surface area contributed by atoms with Crippen LogP contribution in [0.15, 0.2) is 174 Å². The summed E-state index contributed by atoms with van der Waals surface area (Å²) >= 11 is 0. The first-order chi connectivity index (χ1) is 26.7. The van der Waals surface area contributed by atoms with Gasteiger partial charge in [0.25, 0.3) is 0 Å². The van der Waals surface area contributed by atoms with Gasteiger partial charge in [-0.15, -0.1) is 0 Å². The van der Waals surface area contributed by atoms with Gasteiger partial charge in [-0.2, -0.15) is 0 Å². The van der Waals surface area contributed by atoms with E-state index in [-0.39, 0.29) is 0 Å². The lowest BCUT2D eigenvalue weighted by atomic mass is 9.86. The van der Waals surface area contributed by atoms with Gasteiger partial charge >= 0.3 is 0 Å². The van der Waals surface area contributed by atoms with Crippen LogP contribution in [0.2, 0.25) is 0 Å². The van der Waals surface area contributed by atoms with Gasteiger partial charge in [0.15, 0.2) is 0 Å². The summed E-state index contributed by atoms with van der Waals surface area (Å²) in [5.74, 6) is 0. The molecule has 270 valence electrons. The van der Waals surface area contributed by atoms with Crippen molar-refractivity contribution in [1.29, 1.82) is 0 Å². The van der Waals surface area contributed by atoms with Gasteiger partial charge in [-0.05, 0) is 121 Å². The van der Waals surface area contributed by atoms with Crippen molar-refractivity contribution in [2.75, 3.05) is 7.05 Å². The summed E-state index contributed by atoms with van der Waals surface area (Å²) in [6, 6.07) is 41.7. The third-order valence-corrected chi connectivity index (χ3v) is 10.3. The molecule has 0 saturated heterocycles. The van der Waals surface area contributed by atoms with E-state index >= 15 is 0 Å². The van der Waals surface area contributed by atoms with E-state index in [4.69, 9.17) is 5.73 Å². The molecule has 54 heavy (non-hydrogen) atoms. The minimum absolute atomic E-state index is 0.595. The molecule has 0 saturated carbocycles. The number of nitrogens with two attached hydrogens (primary N) is 1. The summed E-state index contributed by atoms with van der Waals surface area (Å²) in [6.45, 7) is 8.60. The number of hydrogen-bond acceptors (Lipinski definition) is 2. The molecule has 0 unspecified atom stereocenters. The van der Waals surface area contributed by atoms with Gasteiger partial charge < -0.3 is 11.1 Å². The van der Waals surface area contributed by atoms with Gasteiger partial charge in [0.05, 0.1) is 0 Å². The molecule has 0 fully saturated rings. The maximum Gasteiger partial charge on any atom is 0.0380 e.